The second-order valence-electron chi connectivity index (χ2n) is 12.5. The minimum Gasteiger partial charge on any atom is -0.423 e. The van der Waals surface area contributed by atoms with E-state index in [9.17, 15) is 9.90 Å². The normalized spacial score (nSPS) is 12.8. The van der Waals surface area contributed by atoms with Crippen LogP contribution in [0.5, 0.6) is 0 Å². The number of benzene rings is 4. The maximum absolute atomic E-state index is 14.1. The molecule has 1 heterocycles. The Morgan fingerprint density at radius 2 is 1.37 bits per heavy atom. The summed E-state index contributed by atoms with van der Waals surface area (Å²) in [7, 11) is 1.92. The molecule has 0 saturated carbocycles. The molecule has 240 valence electrons. The summed E-state index contributed by atoms with van der Waals surface area (Å²) in [6, 6.07) is 36.8. The van der Waals surface area contributed by atoms with Gasteiger partial charge in [-0.2, -0.15) is 4.98 Å². The van der Waals surface area contributed by atoms with Crippen molar-refractivity contribution in [3.05, 3.63) is 131 Å². The topological polar surface area (TPSA) is 73.1 Å². The van der Waals surface area contributed by atoms with Gasteiger partial charge in [-0.15, -0.1) is 0 Å². The predicted molar refractivity (Wildman–Crippen MR) is 186 cm³/mol. The number of amides is 1. The molecule has 0 unspecified atom stereocenters. The zero-order chi connectivity index (χ0) is 32.5. The number of rotatable bonds is 15. The lowest BCUT2D eigenvalue weighted by atomic mass is 9.97. The van der Waals surface area contributed by atoms with Gasteiger partial charge in [0.15, 0.2) is 5.58 Å². The van der Waals surface area contributed by atoms with E-state index in [-0.39, 0.29) is 24.4 Å². The summed E-state index contributed by atoms with van der Waals surface area (Å²) >= 11 is 0. The van der Waals surface area contributed by atoms with E-state index in [2.05, 4.69) is 84.4 Å². The van der Waals surface area contributed by atoms with Crippen molar-refractivity contribution in [2.24, 2.45) is 5.92 Å². The van der Waals surface area contributed by atoms with Crippen LogP contribution in [0.2, 0.25) is 0 Å². The van der Waals surface area contributed by atoms with Gasteiger partial charge in [0, 0.05) is 51.4 Å². The van der Waals surface area contributed by atoms with E-state index in [0.29, 0.717) is 48.7 Å². The molecule has 0 saturated heterocycles. The first kappa shape index (κ1) is 32.9. The van der Waals surface area contributed by atoms with Gasteiger partial charge in [0.2, 0.25) is 0 Å². The monoisotopic (exact) mass is 618 g/mol. The van der Waals surface area contributed by atoms with Crippen molar-refractivity contribution in [3.8, 4) is 0 Å². The number of carbonyl (C=O) groups is 1. The van der Waals surface area contributed by atoms with Gasteiger partial charge < -0.3 is 19.3 Å². The van der Waals surface area contributed by atoms with Crippen molar-refractivity contribution < 1.29 is 14.3 Å². The molecule has 5 aromatic rings. The molecule has 7 heteroatoms. The summed E-state index contributed by atoms with van der Waals surface area (Å²) in [5.74, 6) is 0.0832. The third-order valence-electron chi connectivity index (χ3n) is 8.36. The number of hydrogen-bond donors (Lipinski definition) is 1. The zero-order valence-corrected chi connectivity index (χ0v) is 27.4. The Labute approximate surface area is 273 Å². The van der Waals surface area contributed by atoms with Crippen LogP contribution in [0.25, 0.3) is 11.1 Å². The molecule has 46 heavy (non-hydrogen) atoms. The fourth-order valence-electron chi connectivity index (χ4n) is 5.85. The number of hydrogen-bond acceptors (Lipinski definition) is 6. The average Bonchev–Trinajstić information content (AvgIpc) is 3.51. The molecule has 0 aliphatic carbocycles. The van der Waals surface area contributed by atoms with E-state index >= 15 is 0 Å². The van der Waals surface area contributed by atoms with Crippen molar-refractivity contribution >= 4 is 23.0 Å². The van der Waals surface area contributed by atoms with E-state index in [0.717, 1.165) is 12.1 Å². The Balaban J connectivity index is 1.46. The first-order valence-electron chi connectivity index (χ1n) is 16.3. The highest BCUT2D eigenvalue weighted by atomic mass is 16.4. The molecule has 4 aromatic carbocycles. The van der Waals surface area contributed by atoms with Crippen molar-refractivity contribution in [1.29, 1.82) is 0 Å². The van der Waals surface area contributed by atoms with Gasteiger partial charge >= 0.3 is 0 Å². The molecule has 0 aliphatic heterocycles. The molecule has 0 aliphatic rings. The summed E-state index contributed by atoms with van der Waals surface area (Å²) in [5, 5.41) is 12.2. The van der Waals surface area contributed by atoms with Gasteiger partial charge in [0.25, 0.3) is 11.9 Å². The summed E-state index contributed by atoms with van der Waals surface area (Å²) < 4.78 is 5.99. The molecule has 1 N–H and O–H groups in total. The average molecular weight is 619 g/mol. The lowest BCUT2D eigenvalue weighted by Gasteiger charge is -2.38. The van der Waals surface area contributed by atoms with Crippen molar-refractivity contribution in [2.75, 3.05) is 31.6 Å². The van der Waals surface area contributed by atoms with E-state index in [4.69, 9.17) is 4.42 Å². The van der Waals surface area contributed by atoms with Gasteiger partial charge in [-0.05, 0) is 54.2 Å². The highest BCUT2D eigenvalue weighted by Crippen LogP contribution is 2.25. The highest BCUT2D eigenvalue weighted by Gasteiger charge is 2.31. The first-order chi connectivity index (χ1) is 22.3. The Morgan fingerprint density at radius 3 is 1.91 bits per heavy atom. The van der Waals surface area contributed by atoms with E-state index < -0.39 is 6.10 Å². The molecule has 2 atom stereocenters. The Kier molecular flexibility index (Phi) is 11.2. The molecule has 0 radical (unpaired) electrons. The van der Waals surface area contributed by atoms with Crippen molar-refractivity contribution in [1.82, 2.24) is 14.8 Å². The van der Waals surface area contributed by atoms with Crippen molar-refractivity contribution in [3.63, 3.8) is 0 Å². The van der Waals surface area contributed by atoms with Crippen LogP contribution in [-0.4, -0.2) is 64.6 Å². The zero-order valence-electron chi connectivity index (χ0n) is 27.4. The van der Waals surface area contributed by atoms with Gasteiger partial charge in [-0.25, -0.2) is 0 Å². The third-order valence-corrected chi connectivity index (χ3v) is 8.36. The Morgan fingerprint density at radius 1 is 0.804 bits per heavy atom. The minimum atomic E-state index is -0.811. The number of aliphatic hydroxyl groups excluding tert-OH is 1. The maximum Gasteiger partial charge on any atom is 0.298 e. The van der Waals surface area contributed by atoms with Gasteiger partial charge in [0.05, 0.1) is 6.10 Å². The van der Waals surface area contributed by atoms with Crippen LogP contribution in [0.4, 0.5) is 6.01 Å². The molecule has 5 rings (SSSR count). The molecule has 1 aromatic heterocycles. The second-order valence-corrected chi connectivity index (χ2v) is 12.5. The van der Waals surface area contributed by atoms with Gasteiger partial charge in [0.1, 0.15) is 5.52 Å². The van der Waals surface area contributed by atoms with Crippen LogP contribution in [-0.2, 0) is 19.5 Å². The summed E-state index contributed by atoms with van der Waals surface area (Å²) in [6.07, 6.45) is -0.169. The standard InChI is InChI=1S/C39H46N4O3/c1-5-41(4)39-40-34-22-21-33(24-37(34)46-39)38(45)43(25-29(2)3)28-36(44)35(23-30-15-9-6-10-16-30)42(26-31-17-11-7-12-18-31)27-32-19-13-8-14-20-32/h6-22,24,29,35-36,44H,5,23,25-28H2,1-4H3/t35-,36+/m0/s1. The molecular formula is C39H46N4O3. The molecular weight excluding hydrogens is 572 g/mol. The number of fused-ring (bicyclic) bond motifs is 1. The third kappa shape index (κ3) is 8.62. The molecule has 7 nitrogen and oxygen atoms in total. The minimum absolute atomic E-state index is 0.132. The van der Waals surface area contributed by atoms with Gasteiger partial charge in [-0.3, -0.25) is 9.69 Å². The predicted octanol–water partition coefficient (Wildman–Crippen LogP) is 7.06. The number of aromatic nitrogens is 1. The largest absolute Gasteiger partial charge is 0.423 e. The molecule has 0 bridgehead atoms. The number of aliphatic hydroxyl groups is 1. The van der Waals surface area contributed by atoms with Gasteiger partial charge in [-0.1, -0.05) is 105 Å². The molecule has 0 spiro atoms. The number of nitrogens with zero attached hydrogens (tertiary/aromatic N) is 4. The number of anilines is 1. The van der Waals surface area contributed by atoms with E-state index in [1.54, 1.807) is 17.0 Å². The fourth-order valence-corrected chi connectivity index (χ4v) is 5.85. The molecule has 1 amide bonds. The van der Waals surface area contributed by atoms with Crippen molar-refractivity contribution in [2.45, 2.75) is 52.4 Å². The Bertz CT molecular complexity index is 1620. The quantitative estimate of drug-likeness (QED) is 0.136. The second kappa shape index (κ2) is 15.7. The highest BCUT2D eigenvalue weighted by molar-refractivity contribution is 5.97. The SMILES string of the molecule is CCN(C)c1nc2ccc(C(=O)N(CC(C)C)C[C@@H](O)[C@H](Cc3ccccc3)N(Cc3ccccc3)Cc3ccccc3)cc2o1. The lowest BCUT2D eigenvalue weighted by Crippen LogP contribution is -2.50. The first-order valence-corrected chi connectivity index (χ1v) is 16.3. The lowest BCUT2D eigenvalue weighted by molar-refractivity contribution is 0.0133. The van der Waals surface area contributed by atoms with Crippen LogP contribution in [0.15, 0.2) is 114 Å². The fraction of sp³-hybridized carbons (Fsp3) is 0.333. The number of oxazole rings is 1. The van der Waals surface area contributed by atoms with E-state index in [1.165, 1.54) is 11.1 Å². The summed E-state index contributed by atoms with van der Waals surface area (Å²) in [5.41, 5.74) is 5.29. The molecule has 0 fully saturated rings. The Hall–Kier alpha value is -4.46. The van der Waals surface area contributed by atoms with Crippen LogP contribution < -0.4 is 4.90 Å². The van der Waals surface area contributed by atoms with Crippen LogP contribution in [0, 0.1) is 5.92 Å². The van der Waals surface area contributed by atoms with Crippen LogP contribution >= 0.6 is 0 Å². The van der Waals surface area contributed by atoms with Crippen LogP contribution in [0.3, 0.4) is 0 Å². The maximum atomic E-state index is 14.1. The van der Waals surface area contributed by atoms with Crippen LogP contribution in [0.1, 0.15) is 47.8 Å². The smallest absolute Gasteiger partial charge is 0.298 e. The summed E-state index contributed by atoms with van der Waals surface area (Å²) in [4.78, 5) is 24.8. The number of carbonyl (C=O) groups excluding carboxylic acids is 1. The summed E-state index contributed by atoms with van der Waals surface area (Å²) in [6.45, 7) is 9.03. The van der Waals surface area contributed by atoms with E-state index in [1.807, 2.05) is 55.3 Å².